The molecule has 0 unspecified atom stereocenters. The molecule has 3 N–H and O–H groups in total. The van der Waals surface area contributed by atoms with Gasteiger partial charge in [0.15, 0.2) is 0 Å². The molecule has 0 bridgehead atoms. The zero-order chi connectivity index (χ0) is 9.84. The summed E-state index contributed by atoms with van der Waals surface area (Å²) in [4.78, 5) is 0. The fraction of sp³-hybridized carbons (Fsp3) is 0.300. The molecule has 0 atom stereocenters. The summed E-state index contributed by atoms with van der Waals surface area (Å²) in [7, 11) is 0. The molecular formula is C10H14N2O. The molecule has 0 aliphatic heterocycles. The van der Waals surface area contributed by atoms with Crippen LogP contribution in [0, 0.1) is 12.3 Å². The van der Waals surface area contributed by atoms with Crippen molar-refractivity contribution in [1.29, 1.82) is 5.41 Å². The van der Waals surface area contributed by atoms with Gasteiger partial charge in [0.1, 0.15) is 11.6 Å². The molecule has 1 aromatic carbocycles. The van der Waals surface area contributed by atoms with Crippen LogP contribution < -0.4 is 10.5 Å². The minimum Gasteiger partial charge on any atom is -0.493 e. The van der Waals surface area contributed by atoms with E-state index in [1.165, 1.54) is 0 Å². The molecule has 0 aliphatic carbocycles. The zero-order valence-electron chi connectivity index (χ0n) is 7.92. The Hall–Kier alpha value is -1.51. The van der Waals surface area contributed by atoms with Gasteiger partial charge >= 0.3 is 0 Å². The summed E-state index contributed by atoms with van der Waals surface area (Å²) in [6.45, 7) is 4.47. The van der Waals surface area contributed by atoms with Gasteiger partial charge in [0.25, 0.3) is 0 Å². The van der Waals surface area contributed by atoms with Gasteiger partial charge in [-0.15, -0.1) is 0 Å². The number of hydrogen-bond donors (Lipinski definition) is 2. The van der Waals surface area contributed by atoms with Crippen molar-refractivity contribution in [1.82, 2.24) is 0 Å². The van der Waals surface area contributed by atoms with Gasteiger partial charge in [-0.3, -0.25) is 5.41 Å². The van der Waals surface area contributed by atoms with Crippen molar-refractivity contribution >= 4 is 5.84 Å². The number of aryl methyl sites for hydroxylation is 1. The average molecular weight is 178 g/mol. The van der Waals surface area contributed by atoms with E-state index in [1.54, 1.807) is 0 Å². The summed E-state index contributed by atoms with van der Waals surface area (Å²) in [6, 6.07) is 5.61. The van der Waals surface area contributed by atoms with Crippen molar-refractivity contribution < 1.29 is 4.74 Å². The third-order valence-corrected chi connectivity index (χ3v) is 1.73. The summed E-state index contributed by atoms with van der Waals surface area (Å²) >= 11 is 0. The summed E-state index contributed by atoms with van der Waals surface area (Å²) in [6.07, 6.45) is 0. The second-order valence-electron chi connectivity index (χ2n) is 2.85. The lowest BCUT2D eigenvalue weighted by atomic mass is 10.1. The second kappa shape index (κ2) is 3.94. The Kier molecular flexibility index (Phi) is 2.90. The maximum atomic E-state index is 7.32. The lowest BCUT2D eigenvalue weighted by Crippen LogP contribution is -2.13. The van der Waals surface area contributed by atoms with Crippen LogP contribution in [-0.2, 0) is 0 Å². The molecule has 70 valence electrons. The van der Waals surface area contributed by atoms with E-state index >= 15 is 0 Å². The Labute approximate surface area is 78.0 Å². The van der Waals surface area contributed by atoms with E-state index < -0.39 is 0 Å². The monoisotopic (exact) mass is 178 g/mol. The standard InChI is InChI=1S/C10H14N2O/c1-3-13-9-6-7(2)4-5-8(9)10(11)12/h4-6H,3H2,1-2H3,(H3,11,12). The summed E-state index contributed by atoms with van der Waals surface area (Å²) in [5.74, 6) is 0.735. The maximum absolute atomic E-state index is 7.32. The van der Waals surface area contributed by atoms with Gasteiger partial charge in [0.2, 0.25) is 0 Å². The van der Waals surface area contributed by atoms with Crippen LogP contribution >= 0.6 is 0 Å². The first kappa shape index (κ1) is 9.58. The molecule has 0 heterocycles. The fourth-order valence-electron chi connectivity index (χ4n) is 1.13. The van der Waals surface area contributed by atoms with Gasteiger partial charge in [0, 0.05) is 0 Å². The Morgan fingerprint density at radius 1 is 1.54 bits per heavy atom. The summed E-state index contributed by atoms with van der Waals surface area (Å²) in [5, 5.41) is 7.32. The smallest absolute Gasteiger partial charge is 0.130 e. The van der Waals surface area contributed by atoms with Crippen molar-refractivity contribution in [2.75, 3.05) is 6.61 Å². The van der Waals surface area contributed by atoms with Crippen LogP contribution in [0.1, 0.15) is 18.1 Å². The Bertz CT molecular complexity index is 321. The van der Waals surface area contributed by atoms with Crippen LogP contribution in [0.25, 0.3) is 0 Å². The van der Waals surface area contributed by atoms with Crippen molar-refractivity contribution in [2.24, 2.45) is 5.73 Å². The first-order valence-electron chi connectivity index (χ1n) is 4.23. The third kappa shape index (κ3) is 2.21. The molecule has 0 fully saturated rings. The van der Waals surface area contributed by atoms with E-state index in [-0.39, 0.29) is 5.84 Å². The molecule has 13 heavy (non-hydrogen) atoms. The predicted octanol–water partition coefficient (Wildman–Crippen LogP) is 1.68. The van der Waals surface area contributed by atoms with E-state index in [0.717, 1.165) is 5.56 Å². The number of nitrogens with two attached hydrogens (primary N) is 1. The lowest BCUT2D eigenvalue weighted by molar-refractivity contribution is 0.339. The number of amidine groups is 1. The summed E-state index contributed by atoms with van der Waals surface area (Å²) < 4.78 is 5.36. The van der Waals surface area contributed by atoms with Crippen LogP contribution in [0.4, 0.5) is 0 Å². The van der Waals surface area contributed by atoms with E-state index in [1.807, 2.05) is 32.0 Å². The first-order valence-corrected chi connectivity index (χ1v) is 4.23. The van der Waals surface area contributed by atoms with Crippen LogP contribution in [0.5, 0.6) is 5.75 Å². The molecule has 0 saturated carbocycles. The molecule has 0 radical (unpaired) electrons. The van der Waals surface area contributed by atoms with Crippen LogP contribution in [0.2, 0.25) is 0 Å². The molecule has 1 aromatic rings. The zero-order valence-corrected chi connectivity index (χ0v) is 7.92. The predicted molar refractivity (Wildman–Crippen MR) is 53.4 cm³/mol. The van der Waals surface area contributed by atoms with Gasteiger partial charge in [-0.1, -0.05) is 6.07 Å². The molecule has 3 nitrogen and oxygen atoms in total. The number of ether oxygens (including phenoxy) is 1. The molecule has 1 rings (SSSR count). The van der Waals surface area contributed by atoms with Crippen LogP contribution in [0.15, 0.2) is 18.2 Å². The topological polar surface area (TPSA) is 59.1 Å². The number of nitrogen functional groups attached to an aromatic ring is 1. The van der Waals surface area contributed by atoms with Gasteiger partial charge in [-0.05, 0) is 31.5 Å². The molecule has 0 spiro atoms. The molecule has 0 aromatic heterocycles. The molecule has 0 amide bonds. The Balaban J connectivity index is 3.10. The van der Waals surface area contributed by atoms with E-state index in [2.05, 4.69) is 0 Å². The lowest BCUT2D eigenvalue weighted by Gasteiger charge is -2.09. The SMILES string of the molecule is CCOc1cc(C)ccc1C(=N)N. The minimum atomic E-state index is 0.0449. The number of nitrogens with one attached hydrogen (secondary N) is 1. The highest BCUT2D eigenvalue weighted by atomic mass is 16.5. The van der Waals surface area contributed by atoms with E-state index in [9.17, 15) is 0 Å². The minimum absolute atomic E-state index is 0.0449. The largest absolute Gasteiger partial charge is 0.493 e. The van der Waals surface area contributed by atoms with Gasteiger partial charge in [0.05, 0.1) is 12.2 Å². The number of benzene rings is 1. The van der Waals surface area contributed by atoms with Gasteiger partial charge in [-0.25, -0.2) is 0 Å². The first-order chi connectivity index (χ1) is 6.15. The van der Waals surface area contributed by atoms with Gasteiger partial charge in [-0.2, -0.15) is 0 Å². The normalized spacial score (nSPS) is 9.69. The second-order valence-corrected chi connectivity index (χ2v) is 2.85. The Morgan fingerprint density at radius 3 is 2.77 bits per heavy atom. The Morgan fingerprint density at radius 2 is 2.23 bits per heavy atom. The fourth-order valence-corrected chi connectivity index (χ4v) is 1.13. The van der Waals surface area contributed by atoms with Crippen LogP contribution in [0.3, 0.4) is 0 Å². The highest BCUT2D eigenvalue weighted by Gasteiger charge is 2.05. The van der Waals surface area contributed by atoms with E-state index in [0.29, 0.717) is 17.9 Å². The highest BCUT2D eigenvalue weighted by molar-refractivity contribution is 5.97. The average Bonchev–Trinajstić information content (AvgIpc) is 2.04. The molecule has 0 aliphatic rings. The number of hydrogen-bond acceptors (Lipinski definition) is 2. The van der Waals surface area contributed by atoms with Gasteiger partial charge < -0.3 is 10.5 Å². The van der Waals surface area contributed by atoms with Crippen molar-refractivity contribution in [2.45, 2.75) is 13.8 Å². The third-order valence-electron chi connectivity index (χ3n) is 1.73. The highest BCUT2D eigenvalue weighted by Crippen LogP contribution is 2.19. The van der Waals surface area contributed by atoms with Crippen molar-refractivity contribution in [3.05, 3.63) is 29.3 Å². The quantitative estimate of drug-likeness (QED) is 0.546. The van der Waals surface area contributed by atoms with Crippen molar-refractivity contribution in [3.63, 3.8) is 0 Å². The van der Waals surface area contributed by atoms with E-state index in [4.69, 9.17) is 15.9 Å². The van der Waals surface area contributed by atoms with Crippen molar-refractivity contribution in [3.8, 4) is 5.75 Å². The molecule has 3 heteroatoms. The molecule has 0 saturated heterocycles. The summed E-state index contributed by atoms with van der Waals surface area (Å²) in [5.41, 5.74) is 7.16. The molecular weight excluding hydrogens is 164 g/mol. The maximum Gasteiger partial charge on any atom is 0.130 e. The van der Waals surface area contributed by atoms with Crippen LogP contribution in [-0.4, -0.2) is 12.4 Å². The number of rotatable bonds is 3.